The van der Waals surface area contributed by atoms with Crippen molar-refractivity contribution in [2.45, 2.75) is 51.2 Å². The Labute approximate surface area is 222 Å². The molecule has 6 heterocycles. The molecule has 3 aromatic rings. The smallest absolute Gasteiger partial charge is 0.269 e. The van der Waals surface area contributed by atoms with Crippen LogP contribution in [0.5, 0.6) is 0 Å². The average Bonchev–Trinajstić information content (AvgIpc) is 3.45. The van der Waals surface area contributed by atoms with Crippen LogP contribution in [0.3, 0.4) is 0 Å². The molecule has 1 spiro atoms. The Morgan fingerprint density at radius 3 is 2.70 bits per heavy atom. The summed E-state index contributed by atoms with van der Waals surface area (Å²) in [4.78, 5) is 30.8. The van der Waals surface area contributed by atoms with Gasteiger partial charge in [0.25, 0.3) is 5.91 Å². The Bertz CT molecular complexity index is 1310. The quantitative estimate of drug-likeness (QED) is 0.469. The van der Waals surface area contributed by atoms with Crippen molar-refractivity contribution in [3.8, 4) is 0 Å². The molecule has 0 bridgehead atoms. The van der Waals surface area contributed by atoms with Gasteiger partial charge in [-0.15, -0.1) is 12.4 Å². The van der Waals surface area contributed by atoms with Crippen LogP contribution in [0.25, 0.3) is 11.2 Å². The molecule has 3 aliphatic heterocycles. The number of ether oxygens (including phenoxy) is 1. The summed E-state index contributed by atoms with van der Waals surface area (Å²) in [5, 5.41) is 10.3. The highest BCUT2D eigenvalue weighted by Crippen LogP contribution is 2.42. The third kappa shape index (κ3) is 4.18. The van der Waals surface area contributed by atoms with Gasteiger partial charge in [0.15, 0.2) is 17.0 Å². The van der Waals surface area contributed by atoms with E-state index in [-0.39, 0.29) is 41.8 Å². The number of halogens is 1. The Morgan fingerprint density at radius 1 is 1.22 bits per heavy atom. The lowest BCUT2D eigenvalue weighted by Gasteiger charge is -2.41. The third-order valence-corrected chi connectivity index (χ3v) is 8.33. The van der Waals surface area contributed by atoms with Gasteiger partial charge < -0.3 is 25.6 Å². The number of rotatable bonds is 3. The lowest BCUT2D eigenvalue weighted by atomic mass is 9.73. The number of amides is 1. The fraction of sp³-hybridized carbons (Fsp3) is 0.560. The van der Waals surface area contributed by atoms with E-state index >= 15 is 0 Å². The number of aromatic nitrogens is 5. The van der Waals surface area contributed by atoms with E-state index in [0.717, 1.165) is 74.0 Å². The molecule has 3 aliphatic rings. The monoisotopic (exact) mass is 527 g/mol. The number of nitrogens with zero attached hydrogens (tertiary/aromatic N) is 6. The Hall–Kier alpha value is -3.02. The summed E-state index contributed by atoms with van der Waals surface area (Å²) in [6, 6.07) is 3.79. The van der Waals surface area contributed by atoms with Crippen molar-refractivity contribution in [2.75, 3.05) is 43.1 Å². The van der Waals surface area contributed by atoms with Gasteiger partial charge in [-0.2, -0.15) is 5.10 Å². The predicted molar refractivity (Wildman–Crippen MR) is 144 cm³/mol. The molecule has 11 nitrogen and oxygen atoms in total. The van der Waals surface area contributed by atoms with Crippen LogP contribution >= 0.6 is 12.4 Å². The first kappa shape index (κ1) is 25.6. The second-order valence-electron chi connectivity index (χ2n) is 10.4. The van der Waals surface area contributed by atoms with Crippen LogP contribution in [-0.2, 0) is 4.74 Å². The van der Waals surface area contributed by atoms with Crippen LogP contribution in [0.1, 0.15) is 55.2 Å². The maximum atomic E-state index is 12.1. The first-order valence-electron chi connectivity index (χ1n) is 12.7. The number of pyridine rings is 1. The van der Waals surface area contributed by atoms with Crippen LogP contribution in [-0.4, -0.2) is 76.5 Å². The Morgan fingerprint density at radius 2 is 2.00 bits per heavy atom. The fourth-order valence-electron chi connectivity index (χ4n) is 5.89. The van der Waals surface area contributed by atoms with Crippen LogP contribution < -0.4 is 20.9 Å². The summed E-state index contributed by atoms with van der Waals surface area (Å²) in [5.74, 6) is 1.63. The summed E-state index contributed by atoms with van der Waals surface area (Å²) in [5.41, 5.74) is 10.2. The summed E-state index contributed by atoms with van der Waals surface area (Å²) in [7, 11) is 1.61. The number of hydrogen-bond donors (Lipinski definition) is 3. The molecule has 0 aromatic carbocycles. The number of piperidine rings is 1. The van der Waals surface area contributed by atoms with E-state index in [4.69, 9.17) is 20.4 Å². The molecule has 37 heavy (non-hydrogen) atoms. The molecule has 0 radical (unpaired) electrons. The van der Waals surface area contributed by atoms with Gasteiger partial charge in [0.05, 0.1) is 30.3 Å². The van der Waals surface area contributed by atoms with E-state index in [2.05, 4.69) is 44.1 Å². The maximum absolute atomic E-state index is 12.1. The highest BCUT2D eigenvalue weighted by atomic mass is 35.5. The lowest BCUT2D eigenvalue weighted by molar-refractivity contribution is 0.0957. The molecule has 0 aliphatic carbocycles. The number of carbonyl (C=O) groups excluding carboxylic acids is 1. The molecular formula is C25H34ClN9O2. The number of aromatic amines is 1. The third-order valence-electron chi connectivity index (χ3n) is 8.33. The molecule has 3 atom stereocenters. The van der Waals surface area contributed by atoms with Gasteiger partial charge >= 0.3 is 0 Å². The summed E-state index contributed by atoms with van der Waals surface area (Å²) < 4.78 is 5.86. The van der Waals surface area contributed by atoms with Crippen molar-refractivity contribution in [3.63, 3.8) is 0 Å². The number of anilines is 3. The summed E-state index contributed by atoms with van der Waals surface area (Å²) in [6.07, 6.45) is 4.83. The van der Waals surface area contributed by atoms with Crippen molar-refractivity contribution in [1.82, 2.24) is 30.5 Å². The fourth-order valence-corrected chi connectivity index (χ4v) is 5.89. The van der Waals surface area contributed by atoms with E-state index in [1.807, 2.05) is 12.3 Å². The minimum absolute atomic E-state index is 0. The maximum Gasteiger partial charge on any atom is 0.269 e. The van der Waals surface area contributed by atoms with E-state index in [1.54, 1.807) is 13.1 Å². The zero-order chi connectivity index (χ0) is 25.0. The molecule has 1 amide bonds. The first-order valence-corrected chi connectivity index (χ1v) is 12.7. The highest BCUT2D eigenvalue weighted by molar-refractivity contribution is 5.93. The minimum Gasteiger partial charge on any atom is -0.376 e. The van der Waals surface area contributed by atoms with Crippen molar-refractivity contribution in [2.24, 2.45) is 11.1 Å². The van der Waals surface area contributed by atoms with E-state index in [0.29, 0.717) is 11.3 Å². The molecule has 0 unspecified atom stereocenters. The van der Waals surface area contributed by atoms with E-state index in [9.17, 15) is 4.79 Å². The molecule has 198 valence electrons. The molecule has 4 N–H and O–H groups in total. The van der Waals surface area contributed by atoms with Crippen molar-refractivity contribution >= 4 is 46.8 Å². The number of nitrogens with one attached hydrogen (secondary N) is 2. The normalized spacial score (nSPS) is 24.7. The largest absolute Gasteiger partial charge is 0.376 e. The van der Waals surface area contributed by atoms with Crippen LogP contribution in [0, 0.1) is 5.41 Å². The van der Waals surface area contributed by atoms with E-state index < -0.39 is 0 Å². The molecule has 2 saturated heterocycles. The zero-order valence-corrected chi connectivity index (χ0v) is 22.2. The standard InChI is InChI=1S/C25H33N9O2.ClH/c1-14-6-9-34(17-5-4-16(24(35)27-3)29-19(14)17)23-20-22(31-32-23)30-18(12-28-20)33-10-7-25(8-11-33)13-36-15(2)21(25)26;/h4-5,12,14-15,21H,6-11,13,26H2,1-3H3,(H,27,35)(H,30,31,32);1H/t14-,15+,21-;/m1./s1. The molecule has 0 saturated carbocycles. The number of H-pyrrole nitrogens is 1. The number of carbonyl (C=O) groups is 1. The average molecular weight is 528 g/mol. The second kappa shape index (κ2) is 9.70. The second-order valence-corrected chi connectivity index (χ2v) is 10.4. The van der Waals surface area contributed by atoms with Gasteiger partial charge in [0.2, 0.25) is 0 Å². The SMILES string of the molecule is CNC(=O)c1ccc2c(n1)[C@H](C)CCN2c1n[nH]c2nc(N3CCC4(CC3)CO[C@@H](C)[C@H]4N)cnc12.Cl. The summed E-state index contributed by atoms with van der Waals surface area (Å²) >= 11 is 0. The van der Waals surface area contributed by atoms with Gasteiger partial charge in [0, 0.05) is 44.1 Å². The number of fused-ring (bicyclic) bond motifs is 2. The molecule has 2 fully saturated rings. The van der Waals surface area contributed by atoms with Gasteiger partial charge in [-0.05, 0) is 38.3 Å². The number of nitrogens with two attached hydrogens (primary N) is 1. The molecule has 3 aromatic heterocycles. The molecule has 6 rings (SSSR count). The molecular weight excluding hydrogens is 494 g/mol. The van der Waals surface area contributed by atoms with Gasteiger partial charge in [-0.25, -0.2) is 15.0 Å². The van der Waals surface area contributed by atoms with E-state index in [1.165, 1.54) is 0 Å². The van der Waals surface area contributed by atoms with Gasteiger partial charge in [-0.1, -0.05) is 6.92 Å². The predicted octanol–water partition coefficient (Wildman–Crippen LogP) is 2.51. The van der Waals surface area contributed by atoms with Crippen LogP contribution in [0.15, 0.2) is 18.3 Å². The Kier molecular flexibility index (Phi) is 6.71. The van der Waals surface area contributed by atoms with Crippen LogP contribution in [0.2, 0.25) is 0 Å². The lowest BCUT2D eigenvalue weighted by Crippen LogP contribution is -2.50. The van der Waals surface area contributed by atoms with Gasteiger partial charge in [-0.3, -0.25) is 9.89 Å². The first-order chi connectivity index (χ1) is 17.4. The zero-order valence-electron chi connectivity index (χ0n) is 21.4. The van der Waals surface area contributed by atoms with Crippen LogP contribution in [0.4, 0.5) is 17.3 Å². The van der Waals surface area contributed by atoms with Gasteiger partial charge in [0.1, 0.15) is 11.5 Å². The number of hydrogen-bond acceptors (Lipinski definition) is 9. The Balaban J connectivity index is 0.00000280. The topological polar surface area (TPSA) is 138 Å². The summed E-state index contributed by atoms with van der Waals surface area (Å²) in [6.45, 7) is 7.49. The van der Waals surface area contributed by atoms with Crippen molar-refractivity contribution < 1.29 is 9.53 Å². The van der Waals surface area contributed by atoms with Crippen molar-refractivity contribution in [3.05, 3.63) is 29.7 Å². The highest BCUT2D eigenvalue weighted by Gasteiger charge is 2.47. The minimum atomic E-state index is -0.189. The molecule has 12 heteroatoms. The van der Waals surface area contributed by atoms with Crippen molar-refractivity contribution in [1.29, 1.82) is 0 Å².